The van der Waals surface area contributed by atoms with Crippen LogP contribution >= 0.6 is 11.8 Å². The Kier molecular flexibility index (Phi) is 37.1. The molecule has 0 spiro atoms. The van der Waals surface area contributed by atoms with Gasteiger partial charge < -0.3 is 34.5 Å². The van der Waals surface area contributed by atoms with Crippen molar-refractivity contribution in [2.45, 2.75) is 109 Å². The van der Waals surface area contributed by atoms with Crippen molar-refractivity contribution in [3.05, 3.63) is 0 Å². The van der Waals surface area contributed by atoms with Crippen LogP contribution in [0.4, 0.5) is 0 Å². The summed E-state index contributed by atoms with van der Waals surface area (Å²) in [6.45, 7) is 5.97. The average Bonchev–Trinajstić information content (AvgIpc) is 2.93. The standard InChI is InChI=1S/C30H63NO6S/c31-18-21-34-22-23-35-25-27-37-30-36-26-24-33-20-15-11-7-3-1-4-8-12-16-28-38-29-17-13-9-5-2-6-10-14-19-32/h32H,1-31H2. The molecule has 0 heterocycles. The highest BCUT2D eigenvalue weighted by Gasteiger charge is 1.97. The van der Waals surface area contributed by atoms with Gasteiger partial charge in [-0.25, -0.2) is 0 Å². The molecule has 7 nitrogen and oxygen atoms in total. The van der Waals surface area contributed by atoms with E-state index in [1.165, 1.54) is 108 Å². The summed E-state index contributed by atoms with van der Waals surface area (Å²) in [6.07, 6.45) is 22.5. The summed E-state index contributed by atoms with van der Waals surface area (Å²) in [5.74, 6) is 2.69. The molecule has 0 aromatic carbocycles. The Balaban J connectivity index is 3.01. The third-order valence-corrected chi connectivity index (χ3v) is 7.47. The summed E-state index contributed by atoms with van der Waals surface area (Å²) in [5.41, 5.74) is 5.34. The molecule has 0 saturated carbocycles. The quantitative estimate of drug-likeness (QED) is 0.0679. The van der Waals surface area contributed by atoms with Crippen LogP contribution in [0.1, 0.15) is 109 Å². The highest BCUT2D eigenvalue weighted by Crippen LogP contribution is 2.14. The van der Waals surface area contributed by atoms with E-state index in [-0.39, 0.29) is 6.79 Å². The first-order valence-electron chi connectivity index (χ1n) is 15.7. The molecule has 38 heavy (non-hydrogen) atoms. The zero-order valence-electron chi connectivity index (χ0n) is 24.7. The van der Waals surface area contributed by atoms with Crippen molar-refractivity contribution in [1.82, 2.24) is 0 Å². The molecule has 0 rings (SSSR count). The van der Waals surface area contributed by atoms with Crippen molar-refractivity contribution in [3.63, 3.8) is 0 Å². The van der Waals surface area contributed by atoms with Gasteiger partial charge in [0.15, 0.2) is 0 Å². The molecule has 0 saturated heterocycles. The molecule has 0 aromatic heterocycles. The molecule has 0 fully saturated rings. The lowest BCUT2D eigenvalue weighted by Gasteiger charge is -2.08. The predicted molar refractivity (Wildman–Crippen MR) is 161 cm³/mol. The Morgan fingerprint density at radius 2 is 0.763 bits per heavy atom. The second-order valence-corrected chi connectivity index (χ2v) is 11.1. The molecule has 0 aliphatic rings. The van der Waals surface area contributed by atoms with Crippen LogP contribution in [0.25, 0.3) is 0 Å². The van der Waals surface area contributed by atoms with E-state index in [4.69, 9.17) is 34.5 Å². The zero-order chi connectivity index (χ0) is 27.5. The summed E-state index contributed by atoms with van der Waals surface area (Å²) in [7, 11) is 0. The van der Waals surface area contributed by atoms with Crippen molar-refractivity contribution in [2.24, 2.45) is 5.73 Å². The number of ether oxygens (including phenoxy) is 5. The van der Waals surface area contributed by atoms with Crippen LogP contribution in [0.15, 0.2) is 0 Å². The molecular formula is C30H63NO6S. The molecular weight excluding hydrogens is 502 g/mol. The Hall–Kier alpha value is 0.0700. The second kappa shape index (κ2) is 37.1. The third kappa shape index (κ3) is 36.1. The predicted octanol–water partition coefficient (Wildman–Crippen LogP) is 6.34. The van der Waals surface area contributed by atoms with E-state index in [2.05, 4.69) is 11.8 Å². The number of aliphatic hydroxyl groups is 1. The van der Waals surface area contributed by atoms with Crippen LogP contribution in [-0.4, -0.2) is 89.4 Å². The van der Waals surface area contributed by atoms with E-state index in [0.717, 1.165) is 19.4 Å². The minimum atomic E-state index is 0.281. The lowest BCUT2D eigenvalue weighted by Crippen LogP contribution is -2.14. The molecule has 8 heteroatoms. The van der Waals surface area contributed by atoms with Gasteiger partial charge in [0.05, 0.1) is 46.2 Å². The van der Waals surface area contributed by atoms with Crippen molar-refractivity contribution in [2.75, 3.05) is 84.3 Å². The molecule has 0 aliphatic carbocycles. The van der Waals surface area contributed by atoms with Crippen molar-refractivity contribution >= 4 is 11.8 Å². The maximum atomic E-state index is 8.77. The molecule has 0 aromatic rings. The van der Waals surface area contributed by atoms with Crippen molar-refractivity contribution in [1.29, 1.82) is 0 Å². The molecule has 0 bridgehead atoms. The van der Waals surface area contributed by atoms with Gasteiger partial charge in [-0.3, -0.25) is 0 Å². The fraction of sp³-hybridized carbons (Fsp3) is 1.00. The minimum Gasteiger partial charge on any atom is -0.396 e. The molecule has 0 aliphatic heterocycles. The van der Waals surface area contributed by atoms with Crippen LogP contribution in [-0.2, 0) is 23.7 Å². The van der Waals surface area contributed by atoms with Gasteiger partial charge in [0.1, 0.15) is 6.79 Å². The number of unbranched alkanes of at least 4 members (excludes halogenated alkanes) is 15. The Morgan fingerprint density at radius 1 is 0.395 bits per heavy atom. The van der Waals surface area contributed by atoms with Crippen molar-refractivity contribution < 1.29 is 28.8 Å². The molecule has 0 unspecified atom stereocenters. The van der Waals surface area contributed by atoms with E-state index in [0.29, 0.717) is 59.4 Å². The molecule has 3 N–H and O–H groups in total. The normalized spacial score (nSPS) is 11.5. The van der Waals surface area contributed by atoms with Crippen LogP contribution in [0, 0.1) is 0 Å². The van der Waals surface area contributed by atoms with Crippen LogP contribution in [0.5, 0.6) is 0 Å². The third-order valence-electron chi connectivity index (χ3n) is 6.32. The van der Waals surface area contributed by atoms with E-state index in [9.17, 15) is 0 Å². The van der Waals surface area contributed by atoms with Gasteiger partial charge in [0, 0.05) is 19.8 Å². The zero-order valence-corrected chi connectivity index (χ0v) is 25.5. The van der Waals surface area contributed by atoms with Gasteiger partial charge in [-0.1, -0.05) is 83.5 Å². The van der Waals surface area contributed by atoms with Crippen LogP contribution < -0.4 is 5.73 Å². The molecule has 0 radical (unpaired) electrons. The Bertz CT molecular complexity index is 373. The van der Waals surface area contributed by atoms with Gasteiger partial charge in [0.2, 0.25) is 0 Å². The molecule has 0 atom stereocenters. The average molecular weight is 566 g/mol. The fourth-order valence-electron chi connectivity index (χ4n) is 4.04. The monoisotopic (exact) mass is 565 g/mol. The Labute approximate surface area is 239 Å². The van der Waals surface area contributed by atoms with E-state index < -0.39 is 0 Å². The van der Waals surface area contributed by atoms with Crippen LogP contribution in [0.2, 0.25) is 0 Å². The first-order chi connectivity index (χ1) is 18.9. The maximum absolute atomic E-state index is 8.77. The van der Waals surface area contributed by atoms with Gasteiger partial charge in [-0.05, 0) is 37.2 Å². The summed E-state index contributed by atoms with van der Waals surface area (Å²) < 4.78 is 27.0. The Morgan fingerprint density at radius 3 is 1.24 bits per heavy atom. The van der Waals surface area contributed by atoms with Gasteiger partial charge >= 0.3 is 0 Å². The summed E-state index contributed by atoms with van der Waals surface area (Å²) >= 11 is 2.16. The van der Waals surface area contributed by atoms with E-state index in [1.807, 2.05) is 0 Å². The van der Waals surface area contributed by atoms with Gasteiger partial charge in [-0.15, -0.1) is 0 Å². The first kappa shape index (κ1) is 38.1. The second-order valence-electron chi connectivity index (χ2n) is 9.91. The van der Waals surface area contributed by atoms with Crippen molar-refractivity contribution in [3.8, 4) is 0 Å². The van der Waals surface area contributed by atoms with Crippen LogP contribution in [0.3, 0.4) is 0 Å². The van der Waals surface area contributed by atoms with E-state index in [1.54, 1.807) is 0 Å². The number of nitrogens with two attached hydrogens (primary N) is 1. The minimum absolute atomic E-state index is 0.281. The largest absolute Gasteiger partial charge is 0.396 e. The smallest absolute Gasteiger partial charge is 0.146 e. The number of hydrogen-bond acceptors (Lipinski definition) is 8. The maximum Gasteiger partial charge on any atom is 0.146 e. The lowest BCUT2D eigenvalue weighted by molar-refractivity contribution is -0.0835. The SMILES string of the molecule is NCCOCCOCCOCOCCOCCCCCCCCCCCSCCCCCCCCCCO. The number of thioether (sulfide) groups is 1. The molecule has 230 valence electrons. The summed E-state index contributed by atoms with van der Waals surface area (Å²) in [5, 5.41) is 8.77. The fourth-order valence-corrected chi connectivity index (χ4v) is 5.06. The van der Waals surface area contributed by atoms with Gasteiger partial charge in [0.25, 0.3) is 0 Å². The van der Waals surface area contributed by atoms with Gasteiger partial charge in [-0.2, -0.15) is 11.8 Å². The number of hydrogen-bond donors (Lipinski definition) is 2. The van der Waals surface area contributed by atoms with E-state index >= 15 is 0 Å². The first-order valence-corrected chi connectivity index (χ1v) is 16.8. The summed E-state index contributed by atoms with van der Waals surface area (Å²) in [4.78, 5) is 0. The number of aliphatic hydroxyl groups excluding tert-OH is 1. The number of rotatable bonds is 35. The highest BCUT2D eigenvalue weighted by molar-refractivity contribution is 7.99. The molecule has 0 amide bonds. The highest BCUT2D eigenvalue weighted by atomic mass is 32.2. The topological polar surface area (TPSA) is 92.4 Å². The summed E-state index contributed by atoms with van der Waals surface area (Å²) in [6, 6.07) is 0. The lowest BCUT2D eigenvalue weighted by atomic mass is 10.1.